The van der Waals surface area contributed by atoms with Crippen molar-refractivity contribution in [1.82, 2.24) is 10.1 Å². The Bertz CT molecular complexity index is 683. The van der Waals surface area contributed by atoms with Gasteiger partial charge in [0.15, 0.2) is 17.3 Å². The van der Waals surface area contributed by atoms with E-state index in [2.05, 4.69) is 42.1 Å². The second-order valence-electron chi connectivity index (χ2n) is 6.54. The molecule has 2 heterocycles. The largest absolute Gasteiger partial charge is 0.493 e. The first-order chi connectivity index (χ1) is 12.2. The van der Waals surface area contributed by atoms with E-state index in [0.29, 0.717) is 12.6 Å². The zero-order chi connectivity index (χ0) is 17.6. The first-order valence-corrected chi connectivity index (χ1v) is 9.24. The molecular weight excluding hydrogens is 316 g/mol. The molecule has 25 heavy (non-hydrogen) atoms. The van der Waals surface area contributed by atoms with Crippen LogP contribution < -0.4 is 9.47 Å². The van der Waals surface area contributed by atoms with E-state index in [1.54, 1.807) is 7.11 Å². The van der Waals surface area contributed by atoms with Crippen molar-refractivity contribution in [3.05, 3.63) is 41.3 Å². The second kappa shape index (κ2) is 8.39. The monoisotopic (exact) mass is 344 g/mol. The van der Waals surface area contributed by atoms with Crippen LogP contribution in [0.25, 0.3) is 0 Å². The molecular formula is C20H28N2O3. The van der Waals surface area contributed by atoms with Crippen LogP contribution in [0, 0.1) is 0 Å². The highest BCUT2D eigenvalue weighted by Gasteiger charge is 2.29. The lowest BCUT2D eigenvalue weighted by Crippen LogP contribution is -2.22. The first-order valence-electron chi connectivity index (χ1n) is 9.24. The van der Waals surface area contributed by atoms with E-state index in [9.17, 15) is 0 Å². The molecule has 2 aromatic rings. The van der Waals surface area contributed by atoms with Gasteiger partial charge in [0.1, 0.15) is 0 Å². The smallest absolute Gasteiger partial charge is 0.161 e. The molecule has 0 unspecified atom stereocenters. The summed E-state index contributed by atoms with van der Waals surface area (Å²) in [6, 6.07) is 8.64. The summed E-state index contributed by atoms with van der Waals surface area (Å²) in [6.07, 6.45) is 4.19. The molecule has 1 aromatic carbocycles. The maximum atomic E-state index is 5.75. The Labute approximate surface area is 149 Å². The van der Waals surface area contributed by atoms with Gasteiger partial charge in [-0.3, -0.25) is 4.90 Å². The van der Waals surface area contributed by atoms with Crippen LogP contribution in [0.2, 0.25) is 0 Å². The van der Waals surface area contributed by atoms with Crippen LogP contribution in [0.1, 0.15) is 56.2 Å². The van der Waals surface area contributed by atoms with E-state index in [4.69, 9.17) is 14.0 Å². The van der Waals surface area contributed by atoms with E-state index in [-0.39, 0.29) is 0 Å². The van der Waals surface area contributed by atoms with Gasteiger partial charge in [0.25, 0.3) is 0 Å². The van der Waals surface area contributed by atoms with Crippen LogP contribution >= 0.6 is 0 Å². The molecule has 1 fully saturated rings. The van der Waals surface area contributed by atoms with Gasteiger partial charge in [0, 0.05) is 12.6 Å². The fraction of sp³-hybridized carbons (Fsp3) is 0.550. The average Bonchev–Trinajstić information content (AvgIpc) is 3.29. The van der Waals surface area contributed by atoms with Gasteiger partial charge in [-0.1, -0.05) is 25.1 Å². The lowest BCUT2D eigenvalue weighted by Gasteiger charge is -2.23. The molecule has 0 radical (unpaired) electrons. The zero-order valence-electron chi connectivity index (χ0n) is 15.5. The summed E-state index contributed by atoms with van der Waals surface area (Å²) in [7, 11) is 1.69. The molecule has 0 N–H and O–H groups in total. The van der Waals surface area contributed by atoms with Crippen LogP contribution in [0.15, 0.2) is 28.8 Å². The number of nitrogens with zero attached hydrogens (tertiary/aromatic N) is 2. The fourth-order valence-electron chi connectivity index (χ4n) is 3.37. The molecule has 0 aliphatic carbocycles. The predicted molar refractivity (Wildman–Crippen MR) is 97.0 cm³/mol. The highest BCUT2D eigenvalue weighted by atomic mass is 16.5. The van der Waals surface area contributed by atoms with E-state index in [0.717, 1.165) is 55.3 Å². The maximum Gasteiger partial charge on any atom is 0.161 e. The lowest BCUT2D eigenvalue weighted by atomic mass is 10.1. The van der Waals surface area contributed by atoms with Crippen LogP contribution in [-0.2, 0) is 13.0 Å². The number of hydrogen-bond acceptors (Lipinski definition) is 5. The van der Waals surface area contributed by atoms with Crippen LogP contribution in [0.3, 0.4) is 0 Å². The highest BCUT2D eigenvalue weighted by Crippen LogP contribution is 2.35. The van der Waals surface area contributed by atoms with Gasteiger partial charge in [-0.2, -0.15) is 0 Å². The molecule has 0 saturated carbocycles. The molecule has 1 atom stereocenters. The van der Waals surface area contributed by atoms with Crippen molar-refractivity contribution in [2.24, 2.45) is 0 Å². The van der Waals surface area contributed by atoms with Crippen molar-refractivity contribution < 1.29 is 14.0 Å². The van der Waals surface area contributed by atoms with E-state index in [1.165, 1.54) is 12.0 Å². The molecule has 1 aliphatic heterocycles. The molecule has 0 amide bonds. The molecule has 1 aromatic heterocycles. The standard InChI is InChI=1S/C20H28N2O3/c1-4-11-24-18-9-8-15(12-20(18)23-3)14-22-10-6-7-17(22)19-13-16(5-2)21-25-19/h8-9,12-13,17H,4-7,10-11,14H2,1-3H3/t17-/m1/s1. The fourth-order valence-corrected chi connectivity index (χ4v) is 3.37. The molecule has 0 spiro atoms. The van der Waals surface area contributed by atoms with Crippen molar-refractivity contribution >= 4 is 0 Å². The Morgan fingerprint density at radius 3 is 2.84 bits per heavy atom. The number of benzene rings is 1. The zero-order valence-corrected chi connectivity index (χ0v) is 15.5. The number of aryl methyl sites for hydroxylation is 1. The maximum absolute atomic E-state index is 5.75. The summed E-state index contributed by atoms with van der Waals surface area (Å²) >= 11 is 0. The normalized spacial score (nSPS) is 17.8. The summed E-state index contributed by atoms with van der Waals surface area (Å²) in [5.41, 5.74) is 2.25. The minimum absolute atomic E-state index is 0.315. The number of ether oxygens (including phenoxy) is 2. The number of hydrogen-bond donors (Lipinski definition) is 0. The SMILES string of the molecule is CCCOc1ccc(CN2CCC[C@@H]2c2cc(CC)no2)cc1OC. The number of rotatable bonds is 8. The van der Waals surface area contributed by atoms with Crippen molar-refractivity contribution in [3.8, 4) is 11.5 Å². The summed E-state index contributed by atoms with van der Waals surface area (Å²) in [5.74, 6) is 2.60. The topological polar surface area (TPSA) is 47.7 Å². The van der Waals surface area contributed by atoms with Gasteiger partial charge in [-0.25, -0.2) is 0 Å². The lowest BCUT2D eigenvalue weighted by molar-refractivity contribution is 0.206. The molecule has 0 bridgehead atoms. The Kier molecular flexibility index (Phi) is 5.97. The third-order valence-electron chi connectivity index (χ3n) is 4.71. The van der Waals surface area contributed by atoms with Gasteiger partial charge < -0.3 is 14.0 Å². The second-order valence-corrected chi connectivity index (χ2v) is 6.54. The number of aromatic nitrogens is 1. The van der Waals surface area contributed by atoms with Gasteiger partial charge in [-0.05, 0) is 49.9 Å². The summed E-state index contributed by atoms with van der Waals surface area (Å²) in [5, 5.41) is 4.15. The third kappa shape index (κ3) is 4.15. The van der Waals surface area contributed by atoms with Crippen molar-refractivity contribution in [1.29, 1.82) is 0 Å². The van der Waals surface area contributed by atoms with Crippen LogP contribution in [0.4, 0.5) is 0 Å². The summed E-state index contributed by atoms with van der Waals surface area (Å²) < 4.78 is 16.8. The van der Waals surface area contributed by atoms with Gasteiger partial charge in [0.05, 0.1) is 25.5 Å². The van der Waals surface area contributed by atoms with Gasteiger partial charge in [0.2, 0.25) is 0 Å². The van der Waals surface area contributed by atoms with Gasteiger partial charge in [-0.15, -0.1) is 0 Å². The third-order valence-corrected chi connectivity index (χ3v) is 4.71. The summed E-state index contributed by atoms with van der Waals surface area (Å²) in [6.45, 7) is 6.85. The van der Waals surface area contributed by atoms with Crippen molar-refractivity contribution in [2.45, 2.75) is 52.1 Å². The van der Waals surface area contributed by atoms with Crippen molar-refractivity contribution in [2.75, 3.05) is 20.3 Å². The number of likely N-dealkylation sites (tertiary alicyclic amines) is 1. The Balaban J connectivity index is 1.72. The predicted octanol–water partition coefficient (Wildman–Crippen LogP) is 4.37. The van der Waals surface area contributed by atoms with Crippen molar-refractivity contribution in [3.63, 3.8) is 0 Å². The minimum Gasteiger partial charge on any atom is -0.493 e. The van der Waals surface area contributed by atoms with Gasteiger partial charge >= 0.3 is 0 Å². The quantitative estimate of drug-likeness (QED) is 0.711. The van der Waals surface area contributed by atoms with Crippen LogP contribution in [0.5, 0.6) is 11.5 Å². The van der Waals surface area contributed by atoms with E-state index >= 15 is 0 Å². The molecule has 1 aliphatic rings. The highest BCUT2D eigenvalue weighted by molar-refractivity contribution is 5.43. The van der Waals surface area contributed by atoms with E-state index < -0.39 is 0 Å². The Morgan fingerprint density at radius 2 is 2.12 bits per heavy atom. The first kappa shape index (κ1) is 17.8. The average molecular weight is 344 g/mol. The number of methoxy groups -OCH3 is 1. The molecule has 5 nitrogen and oxygen atoms in total. The molecule has 1 saturated heterocycles. The minimum atomic E-state index is 0.315. The Hall–Kier alpha value is -2.01. The van der Waals surface area contributed by atoms with E-state index in [1.807, 2.05) is 6.07 Å². The Morgan fingerprint density at radius 1 is 1.24 bits per heavy atom. The van der Waals surface area contributed by atoms with Crippen LogP contribution in [-0.4, -0.2) is 30.3 Å². The summed E-state index contributed by atoms with van der Waals surface area (Å²) in [4.78, 5) is 2.46. The molecule has 136 valence electrons. The molecule has 5 heteroatoms. The molecule has 3 rings (SSSR count).